The van der Waals surface area contributed by atoms with Crippen LogP contribution in [-0.2, 0) is 32.9 Å². The molecule has 1 aliphatic heterocycles. The number of rotatable bonds is 32. The number of hydrogen-bond donors (Lipinski definition) is 2. The molecule has 0 radical (unpaired) electrons. The zero-order chi connectivity index (χ0) is 33.9. The summed E-state index contributed by atoms with van der Waals surface area (Å²) in [5.74, 6) is -0.0875. The van der Waals surface area contributed by atoms with E-state index in [1.54, 1.807) is 0 Å². The van der Waals surface area contributed by atoms with E-state index >= 15 is 0 Å². The van der Waals surface area contributed by atoms with E-state index in [1.165, 1.54) is 57.8 Å². The molecule has 10 heteroatoms. The molecule has 0 aliphatic carbocycles. The monoisotopic (exact) mass is 674 g/mol. The van der Waals surface area contributed by atoms with Gasteiger partial charge in [-0.3, -0.25) is 14.1 Å². The molecule has 0 bridgehead atoms. The number of epoxide rings is 1. The zero-order valence-electron chi connectivity index (χ0n) is 29.3. The summed E-state index contributed by atoms with van der Waals surface area (Å²) in [6.45, 7) is 5.94. The van der Waals surface area contributed by atoms with E-state index < -0.39 is 32.5 Å². The van der Waals surface area contributed by atoms with Gasteiger partial charge in [-0.25, -0.2) is 4.57 Å². The number of phosphoric ester groups is 1. The van der Waals surface area contributed by atoms with Gasteiger partial charge in [0, 0.05) is 12.8 Å². The van der Waals surface area contributed by atoms with E-state index in [4.69, 9.17) is 24.0 Å². The molecule has 0 aromatic rings. The van der Waals surface area contributed by atoms with E-state index in [1.807, 2.05) is 0 Å². The second-order valence-electron chi connectivity index (χ2n) is 13.2. The third kappa shape index (κ3) is 26.8. The summed E-state index contributed by atoms with van der Waals surface area (Å²) in [4.78, 5) is 42.7. The minimum absolute atomic E-state index is 0.207. The third-order valence-corrected chi connectivity index (χ3v) is 9.23. The Hall–Kier alpha value is -1.25. The lowest BCUT2D eigenvalue weighted by molar-refractivity contribution is -0.161. The molecule has 0 aromatic carbocycles. The highest BCUT2D eigenvalue weighted by molar-refractivity contribution is 7.46. The predicted octanol–water partition coefficient (Wildman–Crippen LogP) is 9.52. The molecule has 0 spiro atoms. The third-order valence-electron chi connectivity index (χ3n) is 8.75. The Kier molecular flexibility index (Phi) is 25.7. The number of carbonyl (C=O) groups is 2. The molecule has 0 amide bonds. The van der Waals surface area contributed by atoms with Crippen molar-refractivity contribution in [2.45, 2.75) is 187 Å². The van der Waals surface area contributed by atoms with E-state index in [2.05, 4.69) is 37.4 Å². The minimum Gasteiger partial charge on any atom is -0.462 e. The molecule has 1 aliphatic rings. The van der Waals surface area contributed by atoms with Crippen LogP contribution in [0.4, 0.5) is 0 Å². The number of carbonyl (C=O) groups excluding carboxylic acids is 2. The van der Waals surface area contributed by atoms with Crippen LogP contribution in [0.15, 0.2) is 12.2 Å². The summed E-state index contributed by atoms with van der Waals surface area (Å²) >= 11 is 0. The smallest absolute Gasteiger partial charge is 0.462 e. The maximum absolute atomic E-state index is 12.3. The molecule has 9 nitrogen and oxygen atoms in total. The van der Waals surface area contributed by atoms with E-state index in [-0.39, 0.29) is 19.4 Å². The van der Waals surface area contributed by atoms with Crippen molar-refractivity contribution in [3.8, 4) is 0 Å². The second kappa shape index (κ2) is 27.7. The lowest BCUT2D eigenvalue weighted by Gasteiger charge is -2.18. The summed E-state index contributed by atoms with van der Waals surface area (Å²) in [7, 11) is -4.75. The van der Waals surface area contributed by atoms with Gasteiger partial charge in [0.15, 0.2) is 6.10 Å². The molecule has 2 N–H and O–H groups in total. The summed E-state index contributed by atoms with van der Waals surface area (Å²) in [6.07, 6.45) is 28.1. The average Bonchev–Trinajstić information content (AvgIpc) is 3.77. The fourth-order valence-electron chi connectivity index (χ4n) is 5.47. The number of esters is 2. The summed E-state index contributed by atoms with van der Waals surface area (Å²) < 4.78 is 32.1. The van der Waals surface area contributed by atoms with Gasteiger partial charge in [-0.15, -0.1) is 0 Å². The van der Waals surface area contributed by atoms with Crippen LogP contribution in [-0.4, -0.2) is 53.3 Å². The molecule has 0 aromatic heterocycles. The SMILES string of the molecule is CCCCC/C=C\CC1OC1CCCCCCCC(=O)OC[C@H](COP(=O)(O)O)OC(=O)CCCCCCCCCCC(C)CC. The number of phosphoric acid groups is 1. The van der Waals surface area contributed by atoms with E-state index in [0.29, 0.717) is 25.0 Å². The molecule has 1 fully saturated rings. The van der Waals surface area contributed by atoms with Crippen LogP contribution in [0.1, 0.15) is 168 Å². The van der Waals surface area contributed by atoms with Crippen LogP contribution >= 0.6 is 7.82 Å². The average molecular weight is 675 g/mol. The van der Waals surface area contributed by atoms with Gasteiger partial charge in [-0.05, 0) is 44.4 Å². The van der Waals surface area contributed by atoms with Gasteiger partial charge in [-0.2, -0.15) is 0 Å². The Morgan fingerprint density at radius 1 is 0.761 bits per heavy atom. The Bertz CT molecular complexity index is 843. The molecular weight excluding hydrogens is 607 g/mol. The molecule has 1 saturated heterocycles. The first kappa shape index (κ1) is 42.8. The first-order valence-electron chi connectivity index (χ1n) is 18.5. The van der Waals surface area contributed by atoms with Crippen molar-refractivity contribution in [2.75, 3.05) is 13.2 Å². The van der Waals surface area contributed by atoms with Crippen LogP contribution in [0.5, 0.6) is 0 Å². The zero-order valence-corrected chi connectivity index (χ0v) is 30.2. The van der Waals surface area contributed by atoms with E-state index in [9.17, 15) is 14.2 Å². The molecular formula is C36H67O9P. The van der Waals surface area contributed by atoms with Crippen molar-refractivity contribution < 1.29 is 42.7 Å². The molecule has 1 heterocycles. The Balaban J connectivity index is 2.11. The number of hydrogen-bond acceptors (Lipinski definition) is 7. The van der Waals surface area contributed by atoms with Crippen LogP contribution in [0.3, 0.4) is 0 Å². The minimum atomic E-state index is -4.75. The standard InChI is InChI=1S/C36H67O9P/c1-4-6-7-8-15-20-25-33-34(45-33)26-21-16-13-18-22-27-35(37)42-29-32(30-43-46(39,40)41)44-36(38)28-23-17-12-10-9-11-14-19-24-31(3)5-2/h15,20,31-34H,4-14,16-19,21-30H2,1-3H3,(H2,39,40,41)/b20-15-/t31?,32-,33?,34?/m1/s1. The van der Waals surface area contributed by atoms with Crippen molar-refractivity contribution in [3.63, 3.8) is 0 Å². The Labute approximate surface area is 280 Å². The van der Waals surface area contributed by atoms with Crippen molar-refractivity contribution in [1.82, 2.24) is 0 Å². The van der Waals surface area contributed by atoms with Gasteiger partial charge in [0.2, 0.25) is 0 Å². The summed E-state index contributed by atoms with van der Waals surface area (Å²) in [5.41, 5.74) is 0. The highest BCUT2D eigenvalue weighted by Gasteiger charge is 2.36. The molecule has 3 unspecified atom stereocenters. The maximum Gasteiger partial charge on any atom is 0.469 e. The first-order valence-corrected chi connectivity index (χ1v) is 20.0. The van der Waals surface area contributed by atoms with Gasteiger partial charge in [-0.1, -0.05) is 129 Å². The fourth-order valence-corrected chi connectivity index (χ4v) is 5.83. The fraction of sp³-hybridized carbons (Fsp3) is 0.889. The number of ether oxygens (including phenoxy) is 3. The van der Waals surface area contributed by atoms with Gasteiger partial charge < -0.3 is 24.0 Å². The normalized spacial score (nSPS) is 17.7. The number of allylic oxidation sites excluding steroid dienone is 1. The molecule has 46 heavy (non-hydrogen) atoms. The summed E-state index contributed by atoms with van der Waals surface area (Å²) in [5, 5.41) is 0. The largest absolute Gasteiger partial charge is 0.469 e. The molecule has 0 saturated carbocycles. The molecule has 270 valence electrons. The highest BCUT2D eigenvalue weighted by Crippen LogP contribution is 2.36. The van der Waals surface area contributed by atoms with Gasteiger partial charge >= 0.3 is 19.8 Å². The lowest BCUT2D eigenvalue weighted by atomic mass is 9.99. The number of unbranched alkanes of at least 4 members (excludes halogenated alkanes) is 14. The van der Waals surface area contributed by atoms with E-state index in [0.717, 1.165) is 70.1 Å². The predicted molar refractivity (Wildman–Crippen MR) is 183 cm³/mol. The Morgan fingerprint density at radius 3 is 2.00 bits per heavy atom. The van der Waals surface area contributed by atoms with Crippen molar-refractivity contribution in [3.05, 3.63) is 12.2 Å². The van der Waals surface area contributed by atoms with Crippen LogP contribution in [0, 0.1) is 5.92 Å². The highest BCUT2D eigenvalue weighted by atomic mass is 31.2. The van der Waals surface area contributed by atoms with Gasteiger partial charge in [0.05, 0.1) is 18.8 Å². The lowest BCUT2D eigenvalue weighted by Crippen LogP contribution is -2.29. The van der Waals surface area contributed by atoms with Crippen LogP contribution < -0.4 is 0 Å². The quantitative estimate of drug-likeness (QED) is 0.0235. The topological polar surface area (TPSA) is 132 Å². The van der Waals surface area contributed by atoms with Crippen molar-refractivity contribution >= 4 is 19.8 Å². The Morgan fingerprint density at radius 2 is 1.37 bits per heavy atom. The summed E-state index contributed by atoms with van der Waals surface area (Å²) in [6, 6.07) is 0. The van der Waals surface area contributed by atoms with Gasteiger partial charge in [0.1, 0.15) is 6.61 Å². The van der Waals surface area contributed by atoms with Crippen molar-refractivity contribution in [1.29, 1.82) is 0 Å². The second-order valence-corrected chi connectivity index (χ2v) is 14.4. The first-order chi connectivity index (χ1) is 22.1. The van der Waals surface area contributed by atoms with Crippen molar-refractivity contribution in [2.24, 2.45) is 5.92 Å². The van der Waals surface area contributed by atoms with Gasteiger partial charge in [0.25, 0.3) is 0 Å². The molecule has 4 atom stereocenters. The van der Waals surface area contributed by atoms with Crippen LogP contribution in [0.2, 0.25) is 0 Å². The van der Waals surface area contributed by atoms with Crippen LogP contribution in [0.25, 0.3) is 0 Å². The maximum atomic E-state index is 12.3. The molecule has 1 rings (SSSR count).